The molecule has 0 aliphatic carbocycles. The molecule has 1 heteroatoms. The molecule has 0 aliphatic rings. The third-order valence-corrected chi connectivity index (χ3v) is 5.56. The van der Waals surface area contributed by atoms with Crippen molar-refractivity contribution in [3.8, 4) is 0 Å². The molecule has 0 aromatic heterocycles. The van der Waals surface area contributed by atoms with Gasteiger partial charge in [-0.1, -0.05) is 86.0 Å². The molecule has 0 aliphatic heterocycles. The van der Waals surface area contributed by atoms with Crippen LogP contribution < -0.4 is 5.32 Å². The van der Waals surface area contributed by atoms with Gasteiger partial charge in [-0.25, -0.2) is 0 Å². The van der Waals surface area contributed by atoms with E-state index in [1.54, 1.807) is 0 Å². The van der Waals surface area contributed by atoms with Gasteiger partial charge in [0.15, 0.2) is 0 Å². The maximum atomic E-state index is 3.78. The van der Waals surface area contributed by atoms with Crippen molar-refractivity contribution in [1.82, 2.24) is 5.32 Å². The second kappa shape index (κ2) is 14.5. The Hall–Kier alpha value is -0.0400. The lowest BCUT2D eigenvalue weighted by molar-refractivity contribution is 0.318. The molecule has 0 heterocycles. The van der Waals surface area contributed by atoms with Crippen LogP contribution in [0.2, 0.25) is 0 Å². The first-order chi connectivity index (χ1) is 10.5. The van der Waals surface area contributed by atoms with Crippen LogP contribution in [0.25, 0.3) is 0 Å². The highest BCUT2D eigenvalue weighted by Gasteiger charge is 2.14. The molecular formula is C21H45N. The topological polar surface area (TPSA) is 12.0 Å². The van der Waals surface area contributed by atoms with Gasteiger partial charge < -0.3 is 5.32 Å². The van der Waals surface area contributed by atoms with Gasteiger partial charge in [-0.05, 0) is 44.1 Å². The van der Waals surface area contributed by atoms with E-state index < -0.39 is 0 Å². The quantitative estimate of drug-likeness (QED) is 0.327. The Morgan fingerprint density at radius 1 is 0.727 bits per heavy atom. The summed E-state index contributed by atoms with van der Waals surface area (Å²) >= 11 is 0. The molecule has 22 heavy (non-hydrogen) atoms. The van der Waals surface area contributed by atoms with Crippen LogP contribution in [0, 0.1) is 17.8 Å². The molecule has 1 N–H and O–H groups in total. The Kier molecular flexibility index (Phi) is 14.5. The first-order valence-corrected chi connectivity index (χ1v) is 10.3. The van der Waals surface area contributed by atoms with Crippen LogP contribution in [0.5, 0.6) is 0 Å². The van der Waals surface area contributed by atoms with E-state index in [4.69, 9.17) is 0 Å². The molecule has 0 saturated carbocycles. The van der Waals surface area contributed by atoms with Gasteiger partial charge in [-0.2, -0.15) is 0 Å². The summed E-state index contributed by atoms with van der Waals surface area (Å²) in [6, 6.07) is 0.668. The predicted octanol–water partition coefficient (Wildman–Crippen LogP) is 6.81. The molecular weight excluding hydrogens is 266 g/mol. The van der Waals surface area contributed by atoms with Gasteiger partial charge in [0.1, 0.15) is 0 Å². The fourth-order valence-electron chi connectivity index (χ4n) is 3.36. The molecule has 0 aromatic carbocycles. The molecule has 0 rings (SSSR count). The van der Waals surface area contributed by atoms with E-state index in [1.807, 2.05) is 0 Å². The molecule has 4 unspecified atom stereocenters. The van der Waals surface area contributed by atoms with E-state index in [-0.39, 0.29) is 0 Å². The minimum absolute atomic E-state index is 0.668. The van der Waals surface area contributed by atoms with Crippen molar-refractivity contribution in [2.24, 2.45) is 17.8 Å². The first-order valence-electron chi connectivity index (χ1n) is 10.3. The van der Waals surface area contributed by atoms with E-state index in [0.29, 0.717) is 6.04 Å². The zero-order chi connectivity index (χ0) is 16.8. The van der Waals surface area contributed by atoms with Crippen molar-refractivity contribution in [3.63, 3.8) is 0 Å². The van der Waals surface area contributed by atoms with Crippen LogP contribution in [-0.4, -0.2) is 12.6 Å². The number of nitrogens with one attached hydrogen (secondary N) is 1. The maximum Gasteiger partial charge on any atom is 0.00643 e. The van der Waals surface area contributed by atoms with Crippen LogP contribution in [-0.2, 0) is 0 Å². The van der Waals surface area contributed by atoms with Crippen LogP contribution in [0.1, 0.15) is 106 Å². The van der Waals surface area contributed by atoms with Gasteiger partial charge >= 0.3 is 0 Å². The lowest BCUT2D eigenvalue weighted by atomic mass is 9.89. The molecule has 4 atom stereocenters. The summed E-state index contributed by atoms with van der Waals surface area (Å²) < 4.78 is 0. The van der Waals surface area contributed by atoms with Gasteiger partial charge in [-0.3, -0.25) is 0 Å². The minimum Gasteiger partial charge on any atom is -0.314 e. The predicted molar refractivity (Wildman–Crippen MR) is 102 cm³/mol. The summed E-state index contributed by atoms with van der Waals surface area (Å²) in [6.45, 7) is 15.4. The van der Waals surface area contributed by atoms with Crippen molar-refractivity contribution >= 4 is 0 Å². The zero-order valence-corrected chi connectivity index (χ0v) is 16.6. The number of unbranched alkanes of at least 4 members (excludes halogenated alkanes) is 2. The minimum atomic E-state index is 0.668. The largest absolute Gasteiger partial charge is 0.314 e. The SMILES string of the molecule is CCCCCC(C)CCNC(C)C(C)CCC(CC)CCC. The monoisotopic (exact) mass is 311 g/mol. The average molecular weight is 312 g/mol. The van der Waals surface area contributed by atoms with Gasteiger partial charge in [0.05, 0.1) is 0 Å². The van der Waals surface area contributed by atoms with E-state index in [9.17, 15) is 0 Å². The van der Waals surface area contributed by atoms with Gasteiger partial charge in [0, 0.05) is 6.04 Å². The van der Waals surface area contributed by atoms with Crippen LogP contribution in [0.3, 0.4) is 0 Å². The van der Waals surface area contributed by atoms with Crippen molar-refractivity contribution in [2.45, 2.75) is 112 Å². The molecule has 0 fully saturated rings. The van der Waals surface area contributed by atoms with Gasteiger partial charge in [0.25, 0.3) is 0 Å². The molecule has 0 aromatic rings. The Morgan fingerprint density at radius 2 is 1.45 bits per heavy atom. The molecule has 134 valence electrons. The normalized spacial score (nSPS) is 17.2. The van der Waals surface area contributed by atoms with E-state index in [0.717, 1.165) is 17.8 Å². The lowest BCUT2D eigenvalue weighted by Gasteiger charge is -2.24. The lowest BCUT2D eigenvalue weighted by Crippen LogP contribution is -2.33. The highest BCUT2D eigenvalue weighted by atomic mass is 14.9. The summed E-state index contributed by atoms with van der Waals surface area (Å²) in [5, 5.41) is 3.78. The number of hydrogen-bond donors (Lipinski definition) is 1. The van der Waals surface area contributed by atoms with Crippen LogP contribution >= 0.6 is 0 Å². The highest BCUT2D eigenvalue weighted by molar-refractivity contribution is 4.71. The Bertz CT molecular complexity index is 226. The molecule has 0 amide bonds. The number of rotatable bonds is 15. The first kappa shape index (κ1) is 22.0. The van der Waals surface area contributed by atoms with Crippen LogP contribution in [0.15, 0.2) is 0 Å². The van der Waals surface area contributed by atoms with Gasteiger partial charge in [-0.15, -0.1) is 0 Å². The molecule has 0 bridgehead atoms. The van der Waals surface area contributed by atoms with Crippen LogP contribution in [0.4, 0.5) is 0 Å². The highest BCUT2D eigenvalue weighted by Crippen LogP contribution is 2.22. The summed E-state index contributed by atoms with van der Waals surface area (Å²) in [5.41, 5.74) is 0. The molecule has 1 nitrogen and oxygen atoms in total. The number of hydrogen-bond acceptors (Lipinski definition) is 1. The summed E-state index contributed by atoms with van der Waals surface area (Å²) in [4.78, 5) is 0. The fourth-order valence-corrected chi connectivity index (χ4v) is 3.36. The van der Waals surface area contributed by atoms with E-state index >= 15 is 0 Å². The average Bonchev–Trinajstić information content (AvgIpc) is 2.51. The Labute approximate surface area is 142 Å². The molecule has 0 saturated heterocycles. The van der Waals surface area contributed by atoms with Crippen molar-refractivity contribution in [1.29, 1.82) is 0 Å². The summed E-state index contributed by atoms with van der Waals surface area (Å²) in [5.74, 6) is 2.65. The smallest absolute Gasteiger partial charge is 0.00643 e. The molecule has 0 spiro atoms. The second-order valence-electron chi connectivity index (χ2n) is 7.75. The Balaban J connectivity index is 3.74. The van der Waals surface area contributed by atoms with E-state index in [1.165, 1.54) is 70.8 Å². The third kappa shape index (κ3) is 11.5. The third-order valence-electron chi connectivity index (χ3n) is 5.56. The van der Waals surface area contributed by atoms with Gasteiger partial charge in [0.2, 0.25) is 0 Å². The van der Waals surface area contributed by atoms with E-state index in [2.05, 4.69) is 46.9 Å². The second-order valence-corrected chi connectivity index (χ2v) is 7.75. The standard InChI is InChI=1S/C21H45N/c1-7-10-11-13-18(4)16-17-22-20(6)19(5)14-15-21(9-3)12-8-2/h18-22H,7-17H2,1-6H3. The Morgan fingerprint density at radius 3 is 2.05 bits per heavy atom. The fraction of sp³-hybridized carbons (Fsp3) is 1.00. The van der Waals surface area contributed by atoms with Crippen molar-refractivity contribution in [2.75, 3.05) is 6.54 Å². The zero-order valence-electron chi connectivity index (χ0n) is 16.6. The van der Waals surface area contributed by atoms with Crippen molar-refractivity contribution in [3.05, 3.63) is 0 Å². The maximum absolute atomic E-state index is 3.78. The molecule has 0 radical (unpaired) electrons. The van der Waals surface area contributed by atoms with Crippen molar-refractivity contribution < 1.29 is 0 Å². The summed E-state index contributed by atoms with van der Waals surface area (Å²) in [6.07, 6.45) is 13.8. The summed E-state index contributed by atoms with van der Waals surface area (Å²) in [7, 11) is 0.